The number of hydrogen-bond acceptors (Lipinski definition) is 4. The number of aromatic nitrogens is 1. The van der Waals surface area contributed by atoms with E-state index in [4.69, 9.17) is 5.73 Å². The van der Waals surface area contributed by atoms with Gasteiger partial charge in [-0.2, -0.15) is 11.8 Å². The summed E-state index contributed by atoms with van der Waals surface area (Å²) in [7, 11) is 0. The van der Waals surface area contributed by atoms with Gasteiger partial charge in [0.15, 0.2) is 0 Å². The summed E-state index contributed by atoms with van der Waals surface area (Å²) in [4.78, 5) is 6.95. The van der Waals surface area contributed by atoms with Crippen molar-refractivity contribution in [3.63, 3.8) is 0 Å². The highest BCUT2D eigenvalue weighted by molar-refractivity contribution is 7.99. The fourth-order valence-corrected chi connectivity index (χ4v) is 4.00. The van der Waals surface area contributed by atoms with Crippen LogP contribution < -0.4 is 5.73 Å². The lowest BCUT2D eigenvalue weighted by molar-refractivity contribution is 0.0991. The molecular weight excluding hydrogens is 242 g/mol. The lowest BCUT2D eigenvalue weighted by Crippen LogP contribution is -2.56. The van der Waals surface area contributed by atoms with Gasteiger partial charge in [0.25, 0.3) is 0 Å². The lowest BCUT2D eigenvalue weighted by Gasteiger charge is -2.45. The van der Waals surface area contributed by atoms with Crippen LogP contribution >= 0.6 is 11.8 Å². The number of pyridine rings is 1. The number of nitrogens with two attached hydrogens (primary N) is 1. The molecule has 3 nitrogen and oxygen atoms in total. The van der Waals surface area contributed by atoms with Crippen molar-refractivity contribution in [3.8, 4) is 0 Å². The predicted octanol–water partition coefficient (Wildman–Crippen LogP) is 2.13. The SMILES string of the molecule is CCN(Cc1ccccn1)C1(CN)CCCSC1. The average molecular weight is 265 g/mol. The van der Waals surface area contributed by atoms with Gasteiger partial charge in [-0.1, -0.05) is 13.0 Å². The third-order valence-corrected chi connectivity index (χ3v) is 5.13. The Balaban J connectivity index is 2.11. The predicted molar refractivity (Wildman–Crippen MR) is 78.7 cm³/mol. The molecule has 1 aliphatic rings. The van der Waals surface area contributed by atoms with E-state index in [1.165, 1.54) is 18.6 Å². The average Bonchev–Trinajstić information content (AvgIpc) is 2.46. The highest BCUT2D eigenvalue weighted by Gasteiger charge is 2.36. The topological polar surface area (TPSA) is 42.2 Å². The summed E-state index contributed by atoms with van der Waals surface area (Å²) in [5.41, 5.74) is 7.41. The zero-order valence-corrected chi connectivity index (χ0v) is 12.0. The monoisotopic (exact) mass is 265 g/mol. The molecule has 1 fully saturated rings. The van der Waals surface area contributed by atoms with Crippen molar-refractivity contribution in [1.82, 2.24) is 9.88 Å². The lowest BCUT2D eigenvalue weighted by atomic mass is 9.92. The van der Waals surface area contributed by atoms with Gasteiger partial charge in [-0.25, -0.2) is 0 Å². The van der Waals surface area contributed by atoms with Gasteiger partial charge < -0.3 is 5.73 Å². The fraction of sp³-hybridized carbons (Fsp3) is 0.643. The molecule has 0 spiro atoms. The van der Waals surface area contributed by atoms with Crippen LogP contribution in [0.3, 0.4) is 0 Å². The zero-order valence-electron chi connectivity index (χ0n) is 11.1. The van der Waals surface area contributed by atoms with Crippen molar-refractivity contribution in [3.05, 3.63) is 30.1 Å². The second kappa shape index (κ2) is 6.55. The molecule has 0 radical (unpaired) electrons. The Morgan fingerprint density at radius 1 is 1.50 bits per heavy atom. The smallest absolute Gasteiger partial charge is 0.0544 e. The first-order valence-corrected chi connectivity index (χ1v) is 7.89. The standard InChI is InChI=1S/C14H23N3S/c1-2-17(10-13-6-3-4-8-16-13)14(11-15)7-5-9-18-12-14/h3-4,6,8H,2,5,7,9-12,15H2,1H3. The molecule has 18 heavy (non-hydrogen) atoms. The highest BCUT2D eigenvalue weighted by Crippen LogP contribution is 2.32. The molecule has 1 saturated heterocycles. The van der Waals surface area contributed by atoms with Gasteiger partial charge in [-0.05, 0) is 37.3 Å². The zero-order chi connectivity index (χ0) is 12.8. The van der Waals surface area contributed by atoms with Crippen LogP contribution in [0.2, 0.25) is 0 Å². The van der Waals surface area contributed by atoms with E-state index in [2.05, 4.69) is 28.9 Å². The van der Waals surface area contributed by atoms with Gasteiger partial charge in [0.2, 0.25) is 0 Å². The van der Waals surface area contributed by atoms with E-state index in [9.17, 15) is 0 Å². The van der Waals surface area contributed by atoms with E-state index in [1.54, 1.807) is 0 Å². The van der Waals surface area contributed by atoms with E-state index < -0.39 is 0 Å². The van der Waals surface area contributed by atoms with Crippen LogP contribution in [0.15, 0.2) is 24.4 Å². The van der Waals surface area contributed by atoms with E-state index in [0.717, 1.165) is 31.1 Å². The Bertz CT molecular complexity index is 349. The first-order valence-electron chi connectivity index (χ1n) is 6.73. The molecule has 1 aromatic rings. The van der Waals surface area contributed by atoms with Crippen molar-refractivity contribution in [1.29, 1.82) is 0 Å². The summed E-state index contributed by atoms with van der Waals surface area (Å²) in [5.74, 6) is 2.44. The third-order valence-electron chi connectivity index (χ3n) is 3.81. The number of rotatable bonds is 5. The maximum Gasteiger partial charge on any atom is 0.0544 e. The first-order chi connectivity index (χ1) is 8.80. The number of nitrogens with zero attached hydrogens (tertiary/aromatic N) is 2. The molecule has 0 aliphatic carbocycles. The van der Waals surface area contributed by atoms with Crippen LogP contribution in [0.5, 0.6) is 0 Å². The summed E-state index contributed by atoms with van der Waals surface area (Å²) in [5, 5.41) is 0. The second-order valence-corrected chi connectivity index (χ2v) is 6.03. The number of thioether (sulfide) groups is 1. The van der Waals surface area contributed by atoms with Crippen molar-refractivity contribution in [2.24, 2.45) is 5.73 Å². The molecule has 1 aliphatic heterocycles. The quantitative estimate of drug-likeness (QED) is 0.885. The minimum Gasteiger partial charge on any atom is -0.329 e. The molecule has 1 unspecified atom stereocenters. The Morgan fingerprint density at radius 3 is 2.94 bits per heavy atom. The normalized spacial score (nSPS) is 24.4. The van der Waals surface area contributed by atoms with Crippen LogP contribution in [0.4, 0.5) is 0 Å². The molecule has 0 amide bonds. The second-order valence-electron chi connectivity index (χ2n) is 4.92. The van der Waals surface area contributed by atoms with Crippen LogP contribution in [0.1, 0.15) is 25.5 Å². The summed E-state index contributed by atoms with van der Waals surface area (Å²) < 4.78 is 0. The van der Waals surface area contributed by atoms with Crippen molar-refractivity contribution < 1.29 is 0 Å². The van der Waals surface area contributed by atoms with E-state index in [1.807, 2.05) is 24.0 Å². The van der Waals surface area contributed by atoms with Gasteiger partial charge >= 0.3 is 0 Å². The molecule has 4 heteroatoms. The Hall–Kier alpha value is -0.580. The van der Waals surface area contributed by atoms with Gasteiger partial charge in [0.1, 0.15) is 0 Å². The molecule has 100 valence electrons. The summed E-state index contributed by atoms with van der Waals surface area (Å²) >= 11 is 2.04. The van der Waals surface area contributed by atoms with Gasteiger partial charge in [0, 0.05) is 30.6 Å². The van der Waals surface area contributed by atoms with Crippen LogP contribution in [-0.4, -0.2) is 40.0 Å². The minimum atomic E-state index is 0.176. The molecule has 1 aromatic heterocycles. The first kappa shape index (κ1) is 13.8. The van der Waals surface area contributed by atoms with Crippen LogP contribution in [0.25, 0.3) is 0 Å². The number of likely N-dealkylation sites (N-methyl/N-ethyl adjacent to an activating group) is 1. The Labute approximate surface area is 114 Å². The maximum atomic E-state index is 6.09. The van der Waals surface area contributed by atoms with Gasteiger partial charge in [-0.15, -0.1) is 0 Å². The van der Waals surface area contributed by atoms with E-state index in [0.29, 0.717) is 0 Å². The number of hydrogen-bond donors (Lipinski definition) is 1. The molecule has 0 aromatic carbocycles. The fourth-order valence-electron chi connectivity index (χ4n) is 2.68. The van der Waals surface area contributed by atoms with Crippen LogP contribution in [-0.2, 0) is 6.54 Å². The molecule has 2 rings (SSSR count). The third kappa shape index (κ3) is 3.05. The highest BCUT2D eigenvalue weighted by atomic mass is 32.2. The Morgan fingerprint density at radius 2 is 2.39 bits per heavy atom. The molecule has 1 atom stereocenters. The van der Waals surface area contributed by atoms with Crippen molar-refractivity contribution in [2.75, 3.05) is 24.6 Å². The molecule has 2 heterocycles. The maximum absolute atomic E-state index is 6.09. The minimum absolute atomic E-state index is 0.176. The van der Waals surface area contributed by atoms with Gasteiger partial charge in [0.05, 0.1) is 5.69 Å². The summed E-state index contributed by atoms with van der Waals surface area (Å²) in [6.45, 7) is 4.92. The molecule has 0 saturated carbocycles. The van der Waals surface area contributed by atoms with Crippen molar-refractivity contribution in [2.45, 2.75) is 31.8 Å². The molecular formula is C14H23N3S. The van der Waals surface area contributed by atoms with E-state index >= 15 is 0 Å². The Kier molecular flexibility index (Phi) is 5.03. The summed E-state index contributed by atoms with van der Waals surface area (Å²) in [6.07, 6.45) is 4.37. The molecule has 0 bridgehead atoms. The molecule has 2 N–H and O–H groups in total. The van der Waals surface area contributed by atoms with Crippen LogP contribution in [0, 0.1) is 0 Å². The summed E-state index contributed by atoms with van der Waals surface area (Å²) in [6, 6.07) is 6.12. The largest absolute Gasteiger partial charge is 0.329 e. The van der Waals surface area contributed by atoms with Gasteiger partial charge in [-0.3, -0.25) is 9.88 Å². The van der Waals surface area contributed by atoms with Crippen molar-refractivity contribution >= 4 is 11.8 Å². The van der Waals surface area contributed by atoms with E-state index in [-0.39, 0.29) is 5.54 Å².